The molecular formula is C12H26N2O4S. The molecule has 1 rings (SSSR count). The Kier molecular flexibility index (Phi) is 8.56. The summed E-state index contributed by atoms with van der Waals surface area (Å²) in [5, 5.41) is 2.84. The molecule has 0 aromatic carbocycles. The highest BCUT2D eigenvalue weighted by Crippen LogP contribution is 2.10. The summed E-state index contributed by atoms with van der Waals surface area (Å²) in [5.74, 6) is 0. The first-order valence-electron chi connectivity index (χ1n) is 6.92. The molecule has 0 saturated carbocycles. The lowest BCUT2D eigenvalue weighted by molar-refractivity contribution is 0.0689. The zero-order valence-electron chi connectivity index (χ0n) is 11.7. The van der Waals surface area contributed by atoms with Crippen LogP contribution in [-0.4, -0.2) is 60.2 Å². The Labute approximate surface area is 116 Å². The number of hydrogen-bond donors (Lipinski definition) is 2. The molecule has 114 valence electrons. The Bertz CT molecular complexity index is 316. The largest absolute Gasteiger partial charge is 0.382 e. The first-order chi connectivity index (χ1) is 9.17. The van der Waals surface area contributed by atoms with Gasteiger partial charge in [-0.2, -0.15) is 0 Å². The van der Waals surface area contributed by atoms with Crippen LogP contribution < -0.4 is 10.0 Å². The van der Waals surface area contributed by atoms with Gasteiger partial charge in [-0.1, -0.05) is 0 Å². The van der Waals surface area contributed by atoms with Gasteiger partial charge in [0.25, 0.3) is 0 Å². The molecule has 0 aromatic heterocycles. The molecule has 1 saturated heterocycles. The minimum absolute atomic E-state index is 0.279. The maximum absolute atomic E-state index is 12.0. The normalized spacial score (nSPS) is 20.6. The number of ether oxygens (including phenoxy) is 2. The fourth-order valence-corrected chi connectivity index (χ4v) is 3.47. The van der Waals surface area contributed by atoms with Crippen LogP contribution >= 0.6 is 0 Å². The van der Waals surface area contributed by atoms with Gasteiger partial charge in [0, 0.05) is 26.8 Å². The van der Waals surface area contributed by atoms with Gasteiger partial charge < -0.3 is 14.8 Å². The Morgan fingerprint density at radius 2 is 2.11 bits per heavy atom. The average Bonchev–Trinajstić information content (AvgIpc) is 2.43. The van der Waals surface area contributed by atoms with Gasteiger partial charge in [-0.15, -0.1) is 0 Å². The van der Waals surface area contributed by atoms with E-state index in [-0.39, 0.29) is 5.25 Å². The molecule has 1 atom stereocenters. The summed E-state index contributed by atoms with van der Waals surface area (Å²) in [6.07, 6.45) is 3.34. The molecule has 0 spiro atoms. The van der Waals surface area contributed by atoms with E-state index in [0.29, 0.717) is 32.9 Å². The zero-order chi connectivity index (χ0) is 14.0. The summed E-state index contributed by atoms with van der Waals surface area (Å²) >= 11 is 0. The van der Waals surface area contributed by atoms with Crippen LogP contribution in [0.4, 0.5) is 0 Å². The van der Waals surface area contributed by atoms with Gasteiger partial charge in [-0.25, -0.2) is 13.1 Å². The van der Waals surface area contributed by atoms with E-state index >= 15 is 0 Å². The van der Waals surface area contributed by atoms with E-state index in [4.69, 9.17) is 9.47 Å². The van der Waals surface area contributed by atoms with Crippen molar-refractivity contribution in [3.8, 4) is 0 Å². The third-order valence-electron chi connectivity index (χ3n) is 3.14. The minimum Gasteiger partial charge on any atom is -0.382 e. The molecule has 19 heavy (non-hydrogen) atoms. The standard InChI is InChI=1S/C12H26N2O4S/c1-17-9-10-18-8-3-2-7-14-19(15,16)12-5-4-6-13-11-12/h12-14H,2-11H2,1H3. The smallest absolute Gasteiger partial charge is 0.215 e. The molecule has 0 bridgehead atoms. The van der Waals surface area contributed by atoms with Crippen LogP contribution in [0, 0.1) is 0 Å². The van der Waals surface area contributed by atoms with Gasteiger partial charge in [0.05, 0.1) is 18.5 Å². The monoisotopic (exact) mass is 294 g/mol. The first kappa shape index (κ1) is 16.8. The van der Waals surface area contributed by atoms with Crippen LogP contribution in [0.15, 0.2) is 0 Å². The maximum atomic E-state index is 12.0. The van der Waals surface area contributed by atoms with Crippen molar-refractivity contribution >= 4 is 10.0 Å². The van der Waals surface area contributed by atoms with Gasteiger partial charge in [-0.3, -0.25) is 0 Å². The van der Waals surface area contributed by atoms with E-state index in [1.165, 1.54) is 0 Å². The van der Waals surface area contributed by atoms with Crippen molar-refractivity contribution in [1.82, 2.24) is 10.0 Å². The molecule has 1 aliphatic rings. The second-order valence-corrected chi connectivity index (χ2v) is 6.77. The highest BCUT2D eigenvalue weighted by molar-refractivity contribution is 7.90. The molecular weight excluding hydrogens is 268 g/mol. The van der Waals surface area contributed by atoms with Crippen LogP contribution in [0.3, 0.4) is 0 Å². The number of rotatable bonds is 10. The number of unbranched alkanes of at least 4 members (excludes halogenated alkanes) is 1. The van der Waals surface area contributed by atoms with E-state index in [0.717, 1.165) is 32.2 Å². The van der Waals surface area contributed by atoms with Gasteiger partial charge >= 0.3 is 0 Å². The molecule has 0 radical (unpaired) electrons. The molecule has 1 unspecified atom stereocenters. The molecule has 0 aromatic rings. The molecule has 0 amide bonds. The number of methoxy groups -OCH3 is 1. The minimum atomic E-state index is -3.16. The predicted octanol–water partition coefficient (Wildman–Crippen LogP) is 0.101. The molecule has 1 fully saturated rings. The van der Waals surface area contributed by atoms with Crippen molar-refractivity contribution in [3.63, 3.8) is 0 Å². The van der Waals surface area contributed by atoms with Crippen molar-refractivity contribution < 1.29 is 17.9 Å². The van der Waals surface area contributed by atoms with Crippen LogP contribution in [0.25, 0.3) is 0 Å². The Morgan fingerprint density at radius 3 is 2.79 bits per heavy atom. The average molecular weight is 294 g/mol. The van der Waals surface area contributed by atoms with E-state index < -0.39 is 10.0 Å². The number of sulfonamides is 1. The number of hydrogen-bond acceptors (Lipinski definition) is 5. The van der Waals surface area contributed by atoms with Gasteiger partial charge in [0.2, 0.25) is 10.0 Å². The van der Waals surface area contributed by atoms with Crippen molar-refractivity contribution in [3.05, 3.63) is 0 Å². The molecule has 1 heterocycles. The summed E-state index contributed by atoms with van der Waals surface area (Å²) in [7, 11) is -1.52. The summed E-state index contributed by atoms with van der Waals surface area (Å²) in [6.45, 7) is 3.82. The van der Waals surface area contributed by atoms with E-state index in [1.807, 2.05) is 0 Å². The van der Waals surface area contributed by atoms with Crippen molar-refractivity contribution in [1.29, 1.82) is 0 Å². The van der Waals surface area contributed by atoms with E-state index in [2.05, 4.69) is 10.0 Å². The fraction of sp³-hybridized carbons (Fsp3) is 1.00. The lowest BCUT2D eigenvalue weighted by Crippen LogP contribution is -2.44. The molecule has 6 nitrogen and oxygen atoms in total. The third kappa shape index (κ3) is 7.22. The molecule has 2 N–H and O–H groups in total. The quantitative estimate of drug-likeness (QED) is 0.559. The lowest BCUT2D eigenvalue weighted by Gasteiger charge is -2.22. The Hall–Kier alpha value is -0.210. The van der Waals surface area contributed by atoms with Gasteiger partial charge in [-0.05, 0) is 32.2 Å². The third-order valence-corrected chi connectivity index (χ3v) is 5.03. The molecule has 1 aliphatic heterocycles. The van der Waals surface area contributed by atoms with Crippen LogP contribution in [-0.2, 0) is 19.5 Å². The summed E-state index contributed by atoms with van der Waals surface area (Å²) in [6, 6.07) is 0. The van der Waals surface area contributed by atoms with Gasteiger partial charge in [0.15, 0.2) is 0 Å². The lowest BCUT2D eigenvalue weighted by atomic mass is 10.2. The Morgan fingerprint density at radius 1 is 1.26 bits per heavy atom. The highest BCUT2D eigenvalue weighted by Gasteiger charge is 2.26. The first-order valence-corrected chi connectivity index (χ1v) is 8.47. The Balaban J connectivity index is 2.04. The number of piperidine rings is 1. The van der Waals surface area contributed by atoms with E-state index in [1.54, 1.807) is 7.11 Å². The summed E-state index contributed by atoms with van der Waals surface area (Å²) < 4.78 is 36.8. The SMILES string of the molecule is COCCOCCCCNS(=O)(=O)C1CCCNC1. The van der Waals surface area contributed by atoms with Crippen LogP contribution in [0.5, 0.6) is 0 Å². The van der Waals surface area contributed by atoms with Crippen LogP contribution in [0.1, 0.15) is 25.7 Å². The topological polar surface area (TPSA) is 76.7 Å². The molecule has 7 heteroatoms. The summed E-state index contributed by atoms with van der Waals surface area (Å²) in [4.78, 5) is 0. The number of nitrogens with one attached hydrogen (secondary N) is 2. The van der Waals surface area contributed by atoms with Gasteiger partial charge in [0.1, 0.15) is 0 Å². The summed E-state index contributed by atoms with van der Waals surface area (Å²) in [5.41, 5.74) is 0. The zero-order valence-corrected chi connectivity index (χ0v) is 12.5. The maximum Gasteiger partial charge on any atom is 0.215 e. The second kappa shape index (κ2) is 9.66. The molecule has 0 aliphatic carbocycles. The van der Waals surface area contributed by atoms with E-state index in [9.17, 15) is 8.42 Å². The fourth-order valence-electron chi connectivity index (χ4n) is 1.99. The predicted molar refractivity (Wildman–Crippen MR) is 74.7 cm³/mol. The highest BCUT2D eigenvalue weighted by atomic mass is 32.2. The van der Waals surface area contributed by atoms with Crippen LogP contribution in [0.2, 0.25) is 0 Å². The second-order valence-electron chi connectivity index (χ2n) is 4.72. The van der Waals surface area contributed by atoms with Crippen molar-refractivity contribution in [2.45, 2.75) is 30.9 Å². The van der Waals surface area contributed by atoms with Crippen molar-refractivity contribution in [2.75, 3.05) is 46.6 Å². The van der Waals surface area contributed by atoms with Crippen molar-refractivity contribution in [2.24, 2.45) is 0 Å².